The van der Waals surface area contributed by atoms with Crippen molar-refractivity contribution in [3.63, 3.8) is 0 Å². The van der Waals surface area contributed by atoms with Gasteiger partial charge in [-0.1, -0.05) is 6.92 Å². The highest BCUT2D eigenvalue weighted by molar-refractivity contribution is 5.76. The standard InChI is InChI=1S/C6H11NO/c1-4(6(7)8)5-2-3-5/h4-5H,2-3H2,1H3,(H2,7,8). The van der Waals surface area contributed by atoms with Crippen LogP contribution in [-0.4, -0.2) is 5.91 Å². The maximum absolute atomic E-state index is 10.4. The summed E-state index contributed by atoms with van der Waals surface area (Å²) < 4.78 is 0. The van der Waals surface area contributed by atoms with Gasteiger partial charge in [-0.2, -0.15) is 0 Å². The highest BCUT2D eigenvalue weighted by atomic mass is 16.1. The summed E-state index contributed by atoms with van der Waals surface area (Å²) in [5.41, 5.74) is 5.04. The molecule has 1 rings (SSSR count). The predicted octanol–water partition coefficient (Wildman–Crippen LogP) is 0.518. The summed E-state index contributed by atoms with van der Waals surface area (Å²) in [6, 6.07) is 0. The highest BCUT2D eigenvalue weighted by Crippen LogP contribution is 2.36. The van der Waals surface area contributed by atoms with Crippen molar-refractivity contribution in [1.29, 1.82) is 0 Å². The average molecular weight is 113 g/mol. The molecule has 1 fully saturated rings. The molecule has 0 radical (unpaired) electrons. The van der Waals surface area contributed by atoms with E-state index >= 15 is 0 Å². The zero-order valence-corrected chi connectivity index (χ0v) is 5.05. The van der Waals surface area contributed by atoms with Gasteiger partial charge in [0.2, 0.25) is 5.91 Å². The molecule has 0 aromatic carbocycles. The molecule has 8 heavy (non-hydrogen) atoms. The molecule has 1 aliphatic rings. The van der Waals surface area contributed by atoms with Crippen LogP contribution in [0.3, 0.4) is 0 Å². The van der Waals surface area contributed by atoms with E-state index in [0.29, 0.717) is 5.92 Å². The fourth-order valence-corrected chi connectivity index (χ4v) is 0.829. The van der Waals surface area contributed by atoms with E-state index < -0.39 is 0 Å². The minimum atomic E-state index is -0.146. The second-order valence-electron chi connectivity index (χ2n) is 2.53. The Kier molecular flexibility index (Phi) is 1.24. The molecule has 46 valence electrons. The summed E-state index contributed by atoms with van der Waals surface area (Å²) in [4.78, 5) is 10.4. The Balaban J connectivity index is 2.32. The summed E-state index contributed by atoms with van der Waals surface area (Å²) in [6.07, 6.45) is 2.40. The number of hydrogen-bond donors (Lipinski definition) is 1. The first-order valence-corrected chi connectivity index (χ1v) is 3.01. The SMILES string of the molecule is CC(C(N)=O)C1CC1. The summed E-state index contributed by atoms with van der Waals surface area (Å²) in [5.74, 6) is 0.593. The van der Waals surface area contributed by atoms with Gasteiger partial charge in [-0.25, -0.2) is 0 Å². The van der Waals surface area contributed by atoms with Crippen LogP contribution in [0.5, 0.6) is 0 Å². The van der Waals surface area contributed by atoms with Crippen molar-refractivity contribution < 1.29 is 4.79 Å². The molecule has 0 saturated heterocycles. The van der Waals surface area contributed by atoms with E-state index in [2.05, 4.69) is 0 Å². The second-order valence-corrected chi connectivity index (χ2v) is 2.53. The molecule has 2 heteroatoms. The molecule has 0 heterocycles. The molecular weight excluding hydrogens is 102 g/mol. The Labute approximate surface area is 49.1 Å². The first-order chi connectivity index (χ1) is 3.72. The average Bonchev–Trinajstić information content (AvgIpc) is 2.43. The van der Waals surface area contributed by atoms with Gasteiger partial charge in [0.25, 0.3) is 0 Å². The monoisotopic (exact) mass is 113 g/mol. The molecule has 2 N–H and O–H groups in total. The number of carbonyl (C=O) groups is 1. The molecular formula is C6H11NO. The van der Waals surface area contributed by atoms with Crippen LogP contribution in [0.2, 0.25) is 0 Å². The first kappa shape index (κ1) is 5.60. The fourth-order valence-electron chi connectivity index (χ4n) is 0.829. The summed E-state index contributed by atoms with van der Waals surface area (Å²) in [6.45, 7) is 1.90. The molecule has 0 bridgehead atoms. The smallest absolute Gasteiger partial charge is 0.220 e. The number of rotatable bonds is 2. The summed E-state index contributed by atoms with van der Waals surface area (Å²) >= 11 is 0. The van der Waals surface area contributed by atoms with Gasteiger partial charge in [0.15, 0.2) is 0 Å². The van der Waals surface area contributed by atoms with E-state index in [1.807, 2.05) is 6.92 Å². The van der Waals surface area contributed by atoms with Crippen molar-refractivity contribution in [2.75, 3.05) is 0 Å². The maximum atomic E-state index is 10.4. The van der Waals surface area contributed by atoms with Crippen LogP contribution in [0.25, 0.3) is 0 Å². The first-order valence-electron chi connectivity index (χ1n) is 3.01. The summed E-state index contributed by atoms with van der Waals surface area (Å²) in [5, 5.41) is 0. The van der Waals surface area contributed by atoms with E-state index in [-0.39, 0.29) is 11.8 Å². The Hall–Kier alpha value is -0.530. The number of nitrogens with two attached hydrogens (primary N) is 1. The van der Waals surface area contributed by atoms with E-state index in [1.54, 1.807) is 0 Å². The quantitative estimate of drug-likeness (QED) is 0.557. The largest absolute Gasteiger partial charge is 0.369 e. The molecule has 0 aromatic heterocycles. The van der Waals surface area contributed by atoms with E-state index in [1.165, 1.54) is 12.8 Å². The van der Waals surface area contributed by atoms with Gasteiger partial charge >= 0.3 is 0 Å². The van der Waals surface area contributed by atoms with Crippen molar-refractivity contribution in [2.45, 2.75) is 19.8 Å². The Bertz CT molecular complexity index is 107. The minimum absolute atomic E-state index is 0.120. The molecule has 0 aromatic rings. The van der Waals surface area contributed by atoms with Crippen LogP contribution in [0.15, 0.2) is 0 Å². The Morgan fingerprint density at radius 1 is 1.75 bits per heavy atom. The van der Waals surface area contributed by atoms with Crippen molar-refractivity contribution in [3.8, 4) is 0 Å². The lowest BCUT2D eigenvalue weighted by molar-refractivity contribution is -0.121. The minimum Gasteiger partial charge on any atom is -0.369 e. The van der Waals surface area contributed by atoms with Crippen LogP contribution in [0.4, 0.5) is 0 Å². The molecule has 0 aliphatic heterocycles. The molecule has 1 unspecified atom stereocenters. The van der Waals surface area contributed by atoms with Gasteiger partial charge in [0.1, 0.15) is 0 Å². The third kappa shape index (κ3) is 0.997. The molecule has 1 saturated carbocycles. The molecule has 1 atom stereocenters. The topological polar surface area (TPSA) is 43.1 Å². The van der Waals surface area contributed by atoms with Gasteiger partial charge in [-0.05, 0) is 18.8 Å². The van der Waals surface area contributed by atoms with Gasteiger partial charge in [-0.3, -0.25) is 4.79 Å². The Morgan fingerprint density at radius 2 is 2.25 bits per heavy atom. The van der Waals surface area contributed by atoms with Crippen molar-refractivity contribution in [2.24, 2.45) is 17.6 Å². The maximum Gasteiger partial charge on any atom is 0.220 e. The molecule has 2 nitrogen and oxygen atoms in total. The van der Waals surface area contributed by atoms with Gasteiger partial charge in [-0.15, -0.1) is 0 Å². The lowest BCUT2D eigenvalue weighted by Crippen LogP contribution is -2.21. The lowest BCUT2D eigenvalue weighted by atomic mass is 10.1. The second kappa shape index (κ2) is 1.77. The third-order valence-electron chi connectivity index (χ3n) is 1.78. The van der Waals surface area contributed by atoms with E-state index in [9.17, 15) is 4.79 Å². The van der Waals surface area contributed by atoms with Crippen LogP contribution < -0.4 is 5.73 Å². The number of primary amides is 1. The number of amides is 1. The van der Waals surface area contributed by atoms with Crippen LogP contribution in [0.1, 0.15) is 19.8 Å². The highest BCUT2D eigenvalue weighted by Gasteiger charge is 2.30. The molecule has 1 aliphatic carbocycles. The zero-order valence-electron chi connectivity index (χ0n) is 5.05. The zero-order chi connectivity index (χ0) is 6.15. The molecule has 1 amide bonds. The van der Waals surface area contributed by atoms with Gasteiger partial charge in [0.05, 0.1) is 0 Å². The Morgan fingerprint density at radius 3 is 2.38 bits per heavy atom. The van der Waals surface area contributed by atoms with Gasteiger partial charge < -0.3 is 5.73 Å². The summed E-state index contributed by atoms with van der Waals surface area (Å²) in [7, 11) is 0. The fraction of sp³-hybridized carbons (Fsp3) is 0.833. The van der Waals surface area contributed by atoms with Crippen LogP contribution in [-0.2, 0) is 4.79 Å². The third-order valence-corrected chi connectivity index (χ3v) is 1.78. The van der Waals surface area contributed by atoms with E-state index in [4.69, 9.17) is 5.73 Å². The molecule has 0 spiro atoms. The van der Waals surface area contributed by atoms with Crippen LogP contribution >= 0.6 is 0 Å². The van der Waals surface area contributed by atoms with Gasteiger partial charge in [0, 0.05) is 5.92 Å². The van der Waals surface area contributed by atoms with Crippen molar-refractivity contribution in [1.82, 2.24) is 0 Å². The van der Waals surface area contributed by atoms with Crippen molar-refractivity contribution in [3.05, 3.63) is 0 Å². The van der Waals surface area contributed by atoms with Crippen LogP contribution in [0, 0.1) is 11.8 Å². The predicted molar refractivity (Wildman–Crippen MR) is 31.1 cm³/mol. The van der Waals surface area contributed by atoms with Crippen molar-refractivity contribution >= 4 is 5.91 Å². The normalized spacial score (nSPS) is 22.6. The lowest BCUT2D eigenvalue weighted by Gasteiger charge is -2.00. The number of carbonyl (C=O) groups excluding carboxylic acids is 1. The number of hydrogen-bond acceptors (Lipinski definition) is 1. The van der Waals surface area contributed by atoms with E-state index in [0.717, 1.165) is 0 Å².